The van der Waals surface area contributed by atoms with Crippen LogP contribution in [0.5, 0.6) is 0 Å². The molecule has 106 valence electrons. The number of carbonyl (C=O) groups is 1. The molecule has 0 N–H and O–H groups in total. The van der Waals surface area contributed by atoms with Gasteiger partial charge < -0.3 is 4.90 Å². The average Bonchev–Trinajstić information content (AvgIpc) is 2.37. The number of nitrogens with zero attached hydrogens (tertiary/aromatic N) is 2. The van der Waals surface area contributed by atoms with E-state index in [9.17, 15) is 4.79 Å². The highest BCUT2D eigenvalue weighted by Gasteiger charge is 2.34. The van der Waals surface area contributed by atoms with Gasteiger partial charge in [-0.05, 0) is 51.7 Å². The molecule has 1 atom stereocenters. The molecule has 0 saturated carbocycles. The third-order valence-corrected chi connectivity index (χ3v) is 3.86. The van der Waals surface area contributed by atoms with Gasteiger partial charge in [-0.25, -0.2) is 0 Å². The Labute approximate surface area is 117 Å². The molecule has 1 aromatic rings. The molecule has 0 heterocycles. The van der Waals surface area contributed by atoms with Crippen LogP contribution in [0.4, 0.5) is 5.69 Å². The minimum absolute atomic E-state index is 0.199. The second-order valence-electron chi connectivity index (χ2n) is 5.69. The lowest BCUT2D eigenvalue weighted by atomic mass is 9.86. The molecule has 1 unspecified atom stereocenters. The Balaban J connectivity index is 3.03. The fraction of sp³-hybridized carbons (Fsp3) is 0.562. The lowest BCUT2D eigenvalue weighted by Crippen LogP contribution is -2.48. The smallest absolute Gasteiger partial charge is 0.182 e. The molecule has 0 aliphatic heterocycles. The van der Waals surface area contributed by atoms with Crippen molar-refractivity contribution in [3.05, 3.63) is 29.8 Å². The number of hydrogen-bond acceptors (Lipinski definition) is 3. The number of anilines is 1. The predicted octanol–water partition coefficient (Wildman–Crippen LogP) is 3.06. The summed E-state index contributed by atoms with van der Waals surface area (Å²) in [4.78, 5) is 16.8. The second-order valence-corrected chi connectivity index (χ2v) is 5.69. The Kier molecular flexibility index (Phi) is 5.12. The SMILES string of the molecule is CCCC(C)(C(=O)c1ccc(N(C)C)cc1)N(C)C. The van der Waals surface area contributed by atoms with Crippen molar-refractivity contribution in [3.63, 3.8) is 0 Å². The van der Waals surface area contributed by atoms with Crippen molar-refractivity contribution in [3.8, 4) is 0 Å². The quantitative estimate of drug-likeness (QED) is 0.736. The lowest BCUT2D eigenvalue weighted by Gasteiger charge is -2.35. The van der Waals surface area contributed by atoms with Crippen molar-refractivity contribution in [2.45, 2.75) is 32.2 Å². The highest BCUT2D eigenvalue weighted by atomic mass is 16.1. The molecular weight excluding hydrogens is 236 g/mol. The maximum absolute atomic E-state index is 12.7. The minimum Gasteiger partial charge on any atom is -0.378 e. The molecule has 0 amide bonds. The van der Waals surface area contributed by atoms with Crippen LogP contribution in [0, 0.1) is 0 Å². The average molecular weight is 262 g/mol. The molecule has 0 saturated heterocycles. The standard InChI is InChI=1S/C16H26N2O/c1-7-12-16(2,18(5)6)15(19)13-8-10-14(11-9-13)17(3)4/h8-11H,7,12H2,1-6H3. The maximum atomic E-state index is 12.7. The Hall–Kier alpha value is -1.35. The minimum atomic E-state index is -0.422. The molecule has 1 rings (SSSR count). The number of Topliss-reactive ketones (excluding diaryl/α,β-unsaturated/α-hetero) is 1. The van der Waals surface area contributed by atoms with Crippen molar-refractivity contribution in [1.29, 1.82) is 0 Å². The van der Waals surface area contributed by atoms with E-state index in [1.807, 2.05) is 69.2 Å². The summed E-state index contributed by atoms with van der Waals surface area (Å²) in [5, 5.41) is 0. The summed E-state index contributed by atoms with van der Waals surface area (Å²) in [6.45, 7) is 4.14. The van der Waals surface area contributed by atoms with E-state index < -0.39 is 5.54 Å². The van der Waals surface area contributed by atoms with Crippen LogP contribution in [0.1, 0.15) is 37.0 Å². The molecule has 19 heavy (non-hydrogen) atoms. The molecule has 0 spiro atoms. The lowest BCUT2D eigenvalue weighted by molar-refractivity contribution is 0.0697. The third kappa shape index (κ3) is 3.35. The highest BCUT2D eigenvalue weighted by Crippen LogP contribution is 2.25. The molecule has 3 heteroatoms. The number of benzene rings is 1. The summed E-state index contributed by atoms with van der Waals surface area (Å²) in [5.74, 6) is 0.199. The Bertz CT molecular complexity index is 423. The Morgan fingerprint density at radius 1 is 1.11 bits per heavy atom. The van der Waals surface area contributed by atoms with Crippen LogP contribution < -0.4 is 4.90 Å². The molecule has 0 aliphatic rings. The van der Waals surface area contributed by atoms with Crippen molar-refractivity contribution < 1.29 is 4.79 Å². The maximum Gasteiger partial charge on any atom is 0.182 e. The molecular formula is C16H26N2O. The summed E-state index contributed by atoms with van der Waals surface area (Å²) in [5.41, 5.74) is 1.47. The third-order valence-electron chi connectivity index (χ3n) is 3.86. The first kappa shape index (κ1) is 15.7. The first-order valence-corrected chi connectivity index (χ1v) is 6.82. The molecule has 3 nitrogen and oxygen atoms in total. The zero-order chi connectivity index (χ0) is 14.6. The van der Waals surface area contributed by atoms with Crippen LogP contribution in [0.25, 0.3) is 0 Å². The topological polar surface area (TPSA) is 23.6 Å². The van der Waals surface area contributed by atoms with Gasteiger partial charge in [-0.2, -0.15) is 0 Å². The van der Waals surface area contributed by atoms with E-state index in [-0.39, 0.29) is 5.78 Å². The van der Waals surface area contributed by atoms with Gasteiger partial charge in [0.25, 0.3) is 0 Å². The summed E-state index contributed by atoms with van der Waals surface area (Å²) in [6.07, 6.45) is 1.87. The highest BCUT2D eigenvalue weighted by molar-refractivity contribution is 6.03. The van der Waals surface area contributed by atoms with E-state index >= 15 is 0 Å². The largest absolute Gasteiger partial charge is 0.378 e. The molecule has 0 bridgehead atoms. The summed E-state index contributed by atoms with van der Waals surface area (Å²) >= 11 is 0. The molecule has 0 radical (unpaired) electrons. The van der Waals surface area contributed by atoms with Crippen LogP contribution in [-0.2, 0) is 0 Å². The fourth-order valence-corrected chi connectivity index (χ4v) is 2.25. The van der Waals surface area contributed by atoms with Gasteiger partial charge >= 0.3 is 0 Å². The van der Waals surface area contributed by atoms with Crippen LogP contribution in [0.15, 0.2) is 24.3 Å². The van der Waals surface area contributed by atoms with Crippen molar-refractivity contribution in [1.82, 2.24) is 4.90 Å². The number of carbonyl (C=O) groups excluding carboxylic acids is 1. The van der Waals surface area contributed by atoms with Gasteiger partial charge in [0.1, 0.15) is 0 Å². The van der Waals surface area contributed by atoms with Gasteiger partial charge in [0, 0.05) is 25.3 Å². The van der Waals surface area contributed by atoms with E-state index in [1.54, 1.807) is 0 Å². The van der Waals surface area contributed by atoms with Crippen molar-refractivity contribution in [2.75, 3.05) is 33.1 Å². The number of hydrogen-bond donors (Lipinski definition) is 0. The van der Waals surface area contributed by atoms with Crippen molar-refractivity contribution >= 4 is 11.5 Å². The fourth-order valence-electron chi connectivity index (χ4n) is 2.25. The van der Waals surface area contributed by atoms with E-state index in [0.717, 1.165) is 24.1 Å². The summed E-state index contributed by atoms with van der Waals surface area (Å²) < 4.78 is 0. The van der Waals surface area contributed by atoms with E-state index in [1.165, 1.54) is 0 Å². The van der Waals surface area contributed by atoms with Gasteiger partial charge in [0.2, 0.25) is 0 Å². The number of rotatable bonds is 6. The van der Waals surface area contributed by atoms with Crippen LogP contribution >= 0.6 is 0 Å². The zero-order valence-corrected chi connectivity index (χ0v) is 13.0. The Morgan fingerprint density at radius 3 is 2.00 bits per heavy atom. The monoisotopic (exact) mass is 262 g/mol. The van der Waals surface area contributed by atoms with Crippen LogP contribution in [0.3, 0.4) is 0 Å². The molecule has 0 aromatic heterocycles. The Morgan fingerprint density at radius 2 is 1.63 bits per heavy atom. The van der Waals surface area contributed by atoms with Gasteiger partial charge in [0.15, 0.2) is 5.78 Å². The van der Waals surface area contributed by atoms with E-state index in [2.05, 4.69) is 6.92 Å². The summed E-state index contributed by atoms with van der Waals surface area (Å²) in [6, 6.07) is 7.84. The first-order valence-electron chi connectivity index (χ1n) is 6.82. The summed E-state index contributed by atoms with van der Waals surface area (Å²) in [7, 11) is 7.94. The van der Waals surface area contributed by atoms with Crippen LogP contribution in [0.2, 0.25) is 0 Å². The van der Waals surface area contributed by atoms with E-state index in [0.29, 0.717) is 0 Å². The molecule has 0 fully saturated rings. The van der Waals surface area contributed by atoms with Gasteiger partial charge in [-0.1, -0.05) is 13.3 Å². The molecule has 1 aromatic carbocycles. The second kappa shape index (κ2) is 6.20. The van der Waals surface area contributed by atoms with Gasteiger partial charge in [0.05, 0.1) is 5.54 Å². The number of ketones is 1. The van der Waals surface area contributed by atoms with Crippen LogP contribution in [-0.4, -0.2) is 44.4 Å². The number of likely N-dealkylation sites (N-methyl/N-ethyl adjacent to an activating group) is 1. The van der Waals surface area contributed by atoms with Gasteiger partial charge in [-0.15, -0.1) is 0 Å². The van der Waals surface area contributed by atoms with Gasteiger partial charge in [-0.3, -0.25) is 9.69 Å². The predicted molar refractivity (Wildman–Crippen MR) is 82.1 cm³/mol. The molecule has 0 aliphatic carbocycles. The first-order chi connectivity index (χ1) is 8.82. The van der Waals surface area contributed by atoms with E-state index in [4.69, 9.17) is 0 Å². The zero-order valence-electron chi connectivity index (χ0n) is 13.0. The normalized spacial score (nSPS) is 14.3. The van der Waals surface area contributed by atoms with Crippen molar-refractivity contribution in [2.24, 2.45) is 0 Å².